The number of Topliss-reactive ketones (excluding diaryl/α,β-unsaturated/α-hetero) is 1. The average molecular weight is 436 g/mol. The summed E-state index contributed by atoms with van der Waals surface area (Å²) in [4.78, 5) is 26.3. The SMILES string of the molecule is O=C1CCC=C2Nc3[nH]n(-c4ccccc4)c(=O)c3[C@@H](c3cccc(Br)c3)[C@H]12. The Bertz CT molecular complexity index is 1160. The number of para-hydroxylation sites is 1. The molecular formula is C22H18BrN3O2. The number of aromatic amines is 1. The van der Waals surface area contributed by atoms with E-state index in [-0.39, 0.29) is 23.2 Å². The molecule has 3 aromatic rings. The van der Waals surface area contributed by atoms with Crippen LogP contribution in [0.2, 0.25) is 0 Å². The highest BCUT2D eigenvalue weighted by Gasteiger charge is 2.43. The summed E-state index contributed by atoms with van der Waals surface area (Å²) in [6, 6.07) is 17.4. The molecule has 0 bridgehead atoms. The molecule has 0 spiro atoms. The average Bonchev–Trinajstić information content (AvgIpc) is 3.03. The number of carbonyl (C=O) groups excluding carboxylic acids is 1. The molecule has 5 rings (SSSR count). The maximum Gasteiger partial charge on any atom is 0.277 e. The topological polar surface area (TPSA) is 66.9 Å². The van der Waals surface area contributed by atoms with Crippen LogP contribution in [0.25, 0.3) is 5.69 Å². The number of benzene rings is 2. The van der Waals surface area contributed by atoms with Crippen LogP contribution < -0.4 is 10.9 Å². The molecular weight excluding hydrogens is 418 g/mol. The van der Waals surface area contributed by atoms with Crippen molar-refractivity contribution in [2.24, 2.45) is 5.92 Å². The summed E-state index contributed by atoms with van der Waals surface area (Å²) in [5.41, 5.74) is 3.09. The van der Waals surface area contributed by atoms with Crippen molar-refractivity contribution in [2.45, 2.75) is 18.8 Å². The van der Waals surface area contributed by atoms with E-state index in [4.69, 9.17) is 0 Å². The second kappa shape index (κ2) is 6.63. The number of H-pyrrole nitrogens is 1. The standard InChI is InChI=1S/C22H18BrN3O2/c23-14-7-4-6-13(12-14)18-19-16(10-5-11-17(19)27)24-21-20(18)22(28)26(25-21)15-8-2-1-3-9-15/h1-4,6-10,12,18-19,24-25H,5,11H2/t18-,19-/m0/s1. The Kier molecular flexibility index (Phi) is 4.09. The van der Waals surface area contributed by atoms with Crippen LogP contribution in [0, 0.1) is 5.92 Å². The van der Waals surface area contributed by atoms with Crippen molar-refractivity contribution in [3.8, 4) is 5.69 Å². The number of fused-ring (bicyclic) bond motifs is 2. The molecule has 0 saturated carbocycles. The van der Waals surface area contributed by atoms with Crippen LogP contribution in [-0.2, 0) is 4.79 Å². The van der Waals surface area contributed by atoms with E-state index in [0.717, 1.165) is 27.8 Å². The van der Waals surface area contributed by atoms with Gasteiger partial charge in [0.25, 0.3) is 5.56 Å². The Morgan fingerprint density at radius 1 is 1.00 bits per heavy atom. The van der Waals surface area contributed by atoms with E-state index in [1.165, 1.54) is 0 Å². The van der Waals surface area contributed by atoms with Gasteiger partial charge in [-0.15, -0.1) is 0 Å². The van der Waals surface area contributed by atoms with Gasteiger partial charge in [-0.25, -0.2) is 4.68 Å². The van der Waals surface area contributed by atoms with Gasteiger partial charge in [0, 0.05) is 22.5 Å². The summed E-state index contributed by atoms with van der Waals surface area (Å²) in [7, 11) is 0. The first-order valence-electron chi connectivity index (χ1n) is 9.29. The number of anilines is 1. The van der Waals surface area contributed by atoms with Gasteiger partial charge in [0.2, 0.25) is 0 Å². The van der Waals surface area contributed by atoms with Crippen molar-refractivity contribution < 1.29 is 4.79 Å². The first-order chi connectivity index (χ1) is 13.6. The van der Waals surface area contributed by atoms with Gasteiger partial charge in [-0.05, 0) is 36.2 Å². The number of hydrogen-bond acceptors (Lipinski definition) is 3. The zero-order valence-corrected chi connectivity index (χ0v) is 16.6. The number of nitrogens with one attached hydrogen (secondary N) is 2. The van der Waals surface area contributed by atoms with Gasteiger partial charge in [-0.2, -0.15) is 0 Å². The molecule has 0 amide bonds. The molecule has 2 aliphatic rings. The van der Waals surface area contributed by atoms with E-state index in [1.807, 2.05) is 54.6 Å². The molecule has 1 aromatic heterocycles. The van der Waals surface area contributed by atoms with Crippen molar-refractivity contribution in [3.05, 3.63) is 92.3 Å². The van der Waals surface area contributed by atoms with Crippen molar-refractivity contribution in [1.82, 2.24) is 9.78 Å². The lowest BCUT2D eigenvalue weighted by molar-refractivity contribution is -0.122. The molecule has 2 aromatic carbocycles. The van der Waals surface area contributed by atoms with Gasteiger partial charge < -0.3 is 5.32 Å². The lowest BCUT2D eigenvalue weighted by atomic mass is 9.72. The highest BCUT2D eigenvalue weighted by Crippen LogP contribution is 2.45. The minimum absolute atomic E-state index is 0.129. The maximum atomic E-state index is 13.4. The van der Waals surface area contributed by atoms with Crippen LogP contribution in [0.1, 0.15) is 29.9 Å². The zero-order chi connectivity index (χ0) is 19.3. The Morgan fingerprint density at radius 3 is 2.61 bits per heavy atom. The number of rotatable bonds is 2. The van der Waals surface area contributed by atoms with Crippen molar-refractivity contribution in [3.63, 3.8) is 0 Å². The van der Waals surface area contributed by atoms with Gasteiger partial charge in [0.1, 0.15) is 11.6 Å². The monoisotopic (exact) mass is 435 g/mol. The van der Waals surface area contributed by atoms with Gasteiger partial charge in [-0.1, -0.05) is 52.3 Å². The first-order valence-corrected chi connectivity index (χ1v) is 10.1. The number of halogens is 1. The minimum Gasteiger partial charge on any atom is -0.343 e. The van der Waals surface area contributed by atoms with Crippen molar-refractivity contribution in [1.29, 1.82) is 0 Å². The summed E-state index contributed by atoms with van der Waals surface area (Å²) in [6.45, 7) is 0. The van der Waals surface area contributed by atoms with E-state index >= 15 is 0 Å². The number of nitrogens with zero attached hydrogens (tertiary/aromatic N) is 1. The quantitative estimate of drug-likeness (QED) is 0.628. The zero-order valence-electron chi connectivity index (χ0n) is 15.0. The molecule has 1 aliphatic heterocycles. The fraction of sp³-hybridized carbons (Fsp3) is 0.182. The van der Waals surface area contributed by atoms with Gasteiger partial charge in [0.05, 0.1) is 17.2 Å². The second-order valence-corrected chi connectivity index (χ2v) is 8.09. The Morgan fingerprint density at radius 2 is 1.82 bits per heavy atom. The number of aromatic nitrogens is 2. The largest absolute Gasteiger partial charge is 0.343 e. The molecule has 28 heavy (non-hydrogen) atoms. The van der Waals surface area contributed by atoms with Crippen LogP contribution in [-0.4, -0.2) is 15.6 Å². The fourth-order valence-corrected chi connectivity index (χ4v) is 4.70. The number of carbonyl (C=O) groups is 1. The van der Waals surface area contributed by atoms with Crippen LogP contribution in [0.4, 0.5) is 5.82 Å². The summed E-state index contributed by atoms with van der Waals surface area (Å²) >= 11 is 3.53. The van der Waals surface area contributed by atoms with E-state index in [9.17, 15) is 9.59 Å². The van der Waals surface area contributed by atoms with Crippen LogP contribution in [0.5, 0.6) is 0 Å². The number of ketones is 1. The first kappa shape index (κ1) is 17.3. The summed E-state index contributed by atoms with van der Waals surface area (Å²) in [5.74, 6) is 0.160. The highest BCUT2D eigenvalue weighted by molar-refractivity contribution is 9.10. The third-order valence-corrected chi connectivity index (χ3v) is 5.99. The van der Waals surface area contributed by atoms with Crippen LogP contribution in [0.3, 0.4) is 0 Å². The molecule has 140 valence electrons. The van der Waals surface area contributed by atoms with E-state index < -0.39 is 0 Å². The smallest absolute Gasteiger partial charge is 0.277 e. The molecule has 0 fully saturated rings. The third kappa shape index (κ3) is 2.67. The fourth-order valence-electron chi connectivity index (χ4n) is 4.28. The lowest BCUT2D eigenvalue weighted by Crippen LogP contribution is -2.36. The predicted octanol–water partition coefficient (Wildman–Crippen LogP) is 4.35. The van der Waals surface area contributed by atoms with E-state index in [0.29, 0.717) is 17.8 Å². The number of allylic oxidation sites excluding steroid dienone is 2. The van der Waals surface area contributed by atoms with E-state index in [1.54, 1.807) is 4.68 Å². The van der Waals surface area contributed by atoms with Crippen LogP contribution in [0.15, 0.2) is 75.6 Å². The molecule has 0 radical (unpaired) electrons. The predicted molar refractivity (Wildman–Crippen MR) is 112 cm³/mol. The summed E-state index contributed by atoms with van der Waals surface area (Å²) in [6.07, 6.45) is 3.31. The third-order valence-electron chi connectivity index (χ3n) is 5.50. The Hall–Kier alpha value is -2.86. The molecule has 2 N–H and O–H groups in total. The normalized spacial score (nSPS) is 20.8. The van der Waals surface area contributed by atoms with E-state index in [2.05, 4.69) is 32.4 Å². The van der Waals surface area contributed by atoms with Crippen molar-refractivity contribution >= 4 is 27.5 Å². The Balaban J connectivity index is 1.76. The lowest BCUT2D eigenvalue weighted by Gasteiger charge is -2.35. The maximum absolute atomic E-state index is 13.4. The molecule has 1 aliphatic carbocycles. The highest BCUT2D eigenvalue weighted by atomic mass is 79.9. The summed E-state index contributed by atoms with van der Waals surface area (Å²) < 4.78 is 2.48. The molecule has 0 unspecified atom stereocenters. The Labute approximate surface area is 170 Å². The molecule has 0 saturated heterocycles. The minimum atomic E-state index is -0.358. The van der Waals surface area contributed by atoms with Crippen LogP contribution >= 0.6 is 15.9 Å². The van der Waals surface area contributed by atoms with Crippen molar-refractivity contribution in [2.75, 3.05) is 5.32 Å². The second-order valence-electron chi connectivity index (χ2n) is 7.18. The van der Waals surface area contributed by atoms with Gasteiger partial charge in [0.15, 0.2) is 0 Å². The molecule has 2 atom stereocenters. The molecule has 5 nitrogen and oxygen atoms in total. The molecule has 6 heteroatoms. The van der Waals surface area contributed by atoms with Gasteiger partial charge >= 0.3 is 0 Å². The summed E-state index contributed by atoms with van der Waals surface area (Å²) in [5, 5.41) is 6.54. The number of hydrogen-bond donors (Lipinski definition) is 2. The molecule has 2 heterocycles. The van der Waals surface area contributed by atoms with Gasteiger partial charge in [-0.3, -0.25) is 14.7 Å².